The molecule has 8 nitrogen and oxygen atoms in total. The first-order valence-electron chi connectivity index (χ1n) is 20.6. The van der Waals surface area contributed by atoms with Crippen molar-refractivity contribution in [3.8, 4) is 0 Å². The van der Waals surface area contributed by atoms with Crippen LogP contribution in [0.15, 0.2) is 36.5 Å². The molecule has 0 rings (SSSR count). The van der Waals surface area contributed by atoms with Crippen molar-refractivity contribution in [2.24, 2.45) is 5.73 Å². The zero-order valence-electron chi connectivity index (χ0n) is 32.4. The minimum absolute atomic E-state index is 0.0725. The maximum atomic E-state index is 12.7. The van der Waals surface area contributed by atoms with Crippen LogP contribution in [0.5, 0.6) is 0 Å². The summed E-state index contributed by atoms with van der Waals surface area (Å²) in [6.07, 6.45) is 43.3. The molecule has 0 aliphatic rings. The Kier molecular flexibility index (Phi) is 36.5. The van der Waals surface area contributed by atoms with Gasteiger partial charge in [0.1, 0.15) is 0 Å². The van der Waals surface area contributed by atoms with Gasteiger partial charge in [-0.25, -0.2) is 4.57 Å². The Labute approximate surface area is 308 Å². The van der Waals surface area contributed by atoms with Crippen molar-refractivity contribution in [2.75, 3.05) is 19.8 Å². The molecule has 0 bridgehead atoms. The lowest BCUT2D eigenvalue weighted by Gasteiger charge is -2.23. The fourth-order valence-electron chi connectivity index (χ4n) is 5.81. The monoisotopic (exact) mass is 727 g/mol. The highest BCUT2D eigenvalue weighted by atomic mass is 31.2. The molecule has 0 saturated carbocycles. The normalized spacial score (nSPS) is 14.6. The van der Waals surface area contributed by atoms with Crippen LogP contribution in [0, 0.1) is 0 Å². The summed E-state index contributed by atoms with van der Waals surface area (Å²) in [7, 11) is -4.34. The number of allylic oxidation sites excluding steroid dienone is 5. The first-order chi connectivity index (χ1) is 24.4. The highest BCUT2D eigenvalue weighted by Crippen LogP contribution is 2.43. The van der Waals surface area contributed by atoms with E-state index in [4.69, 9.17) is 14.8 Å². The average molecular weight is 727 g/mol. The number of phosphoric ester groups is 1. The lowest BCUT2D eigenvalue weighted by atomic mass is 10.0. The van der Waals surface area contributed by atoms with Crippen LogP contribution in [-0.2, 0) is 18.4 Å². The third-order valence-electron chi connectivity index (χ3n) is 8.95. The summed E-state index contributed by atoms with van der Waals surface area (Å²) in [5.74, 6) is -0.209. The number of aliphatic hydroxyl groups excluding tert-OH is 1. The number of rotatable bonds is 38. The standard InChI is InChI=1S/C41H79N2O6P/c1-3-5-7-9-11-13-15-17-18-19-20-21-23-24-26-28-30-32-34-40(44)39(38-49-50(46,47)48-37-36-42)43-41(45)35-33-31-29-27-25-22-16-14-12-10-8-6-4-2/h19-20,24,26,32,34,39-40,44H,3-18,21-23,25,27-31,33,35-38,42H2,1-2H3,(H,43,45)(H,46,47)/b20-19+,26-24+,34-32+. The van der Waals surface area contributed by atoms with E-state index in [0.29, 0.717) is 6.42 Å². The molecule has 0 aliphatic carbocycles. The molecule has 0 aromatic carbocycles. The van der Waals surface area contributed by atoms with E-state index in [1.165, 1.54) is 122 Å². The molecule has 0 radical (unpaired) electrons. The van der Waals surface area contributed by atoms with Gasteiger partial charge in [-0.1, -0.05) is 172 Å². The van der Waals surface area contributed by atoms with Gasteiger partial charge < -0.3 is 21.1 Å². The van der Waals surface area contributed by atoms with E-state index in [1.807, 2.05) is 6.08 Å². The van der Waals surface area contributed by atoms with Gasteiger partial charge in [0.05, 0.1) is 25.4 Å². The van der Waals surface area contributed by atoms with Gasteiger partial charge >= 0.3 is 7.82 Å². The summed E-state index contributed by atoms with van der Waals surface area (Å²) in [6, 6.07) is -0.879. The first kappa shape index (κ1) is 48.7. The number of hydrogen-bond acceptors (Lipinski definition) is 6. The summed E-state index contributed by atoms with van der Waals surface area (Å²) in [4.78, 5) is 22.6. The lowest BCUT2D eigenvalue weighted by molar-refractivity contribution is -0.123. The number of hydrogen-bond donors (Lipinski definition) is 4. The number of phosphoric acid groups is 1. The minimum Gasteiger partial charge on any atom is -0.387 e. The molecule has 3 atom stereocenters. The highest BCUT2D eigenvalue weighted by molar-refractivity contribution is 7.47. The van der Waals surface area contributed by atoms with Gasteiger partial charge in [-0.2, -0.15) is 0 Å². The van der Waals surface area contributed by atoms with E-state index in [-0.39, 0.29) is 25.7 Å². The zero-order valence-corrected chi connectivity index (χ0v) is 33.3. The number of aliphatic hydroxyl groups is 1. The van der Waals surface area contributed by atoms with Crippen LogP contribution < -0.4 is 11.1 Å². The summed E-state index contributed by atoms with van der Waals surface area (Å²) in [5.41, 5.74) is 5.36. The van der Waals surface area contributed by atoms with Crippen LogP contribution in [-0.4, -0.2) is 47.8 Å². The molecule has 0 aromatic rings. The molecule has 50 heavy (non-hydrogen) atoms. The van der Waals surface area contributed by atoms with Crippen molar-refractivity contribution >= 4 is 13.7 Å². The maximum absolute atomic E-state index is 12.7. The van der Waals surface area contributed by atoms with E-state index < -0.39 is 20.0 Å². The van der Waals surface area contributed by atoms with Crippen LogP contribution >= 0.6 is 7.82 Å². The largest absolute Gasteiger partial charge is 0.472 e. The summed E-state index contributed by atoms with van der Waals surface area (Å²) in [5, 5.41) is 13.6. The van der Waals surface area contributed by atoms with Gasteiger partial charge in [-0.15, -0.1) is 0 Å². The Bertz CT molecular complexity index is 881. The highest BCUT2D eigenvalue weighted by Gasteiger charge is 2.26. The Hall–Kier alpha value is -1.28. The molecule has 0 aromatic heterocycles. The smallest absolute Gasteiger partial charge is 0.387 e. The Morgan fingerprint density at radius 3 is 1.54 bits per heavy atom. The molecule has 0 spiro atoms. The molecule has 5 N–H and O–H groups in total. The number of unbranched alkanes of at least 4 members (excludes halogenated alkanes) is 22. The van der Waals surface area contributed by atoms with Crippen molar-refractivity contribution in [1.82, 2.24) is 5.32 Å². The number of nitrogens with one attached hydrogen (secondary N) is 1. The van der Waals surface area contributed by atoms with E-state index in [9.17, 15) is 19.4 Å². The van der Waals surface area contributed by atoms with Crippen molar-refractivity contribution in [3.63, 3.8) is 0 Å². The Morgan fingerprint density at radius 1 is 0.640 bits per heavy atom. The van der Waals surface area contributed by atoms with Crippen molar-refractivity contribution in [2.45, 2.75) is 199 Å². The lowest BCUT2D eigenvalue weighted by Crippen LogP contribution is -2.45. The summed E-state index contributed by atoms with van der Waals surface area (Å²) in [6.45, 7) is 4.09. The Balaban J connectivity index is 4.34. The average Bonchev–Trinajstić information content (AvgIpc) is 3.10. The summed E-state index contributed by atoms with van der Waals surface area (Å²) < 4.78 is 22.1. The van der Waals surface area contributed by atoms with E-state index >= 15 is 0 Å². The number of carbonyl (C=O) groups is 1. The van der Waals surface area contributed by atoms with Crippen molar-refractivity contribution in [1.29, 1.82) is 0 Å². The first-order valence-corrected chi connectivity index (χ1v) is 22.1. The van der Waals surface area contributed by atoms with E-state index in [1.54, 1.807) is 6.08 Å². The van der Waals surface area contributed by atoms with Crippen LogP contribution in [0.1, 0.15) is 187 Å². The van der Waals surface area contributed by atoms with Crippen LogP contribution in [0.2, 0.25) is 0 Å². The second-order valence-corrected chi connectivity index (χ2v) is 15.3. The predicted octanol–water partition coefficient (Wildman–Crippen LogP) is 11.2. The predicted molar refractivity (Wildman–Crippen MR) is 212 cm³/mol. The third-order valence-corrected chi connectivity index (χ3v) is 9.93. The van der Waals surface area contributed by atoms with Gasteiger partial charge in [0.25, 0.3) is 0 Å². The minimum atomic E-state index is -4.34. The molecule has 0 aliphatic heterocycles. The number of carbonyl (C=O) groups excluding carboxylic acids is 1. The number of amides is 1. The van der Waals surface area contributed by atoms with Gasteiger partial charge in [-0.05, 0) is 44.9 Å². The second kappa shape index (κ2) is 37.5. The van der Waals surface area contributed by atoms with Crippen LogP contribution in [0.4, 0.5) is 0 Å². The van der Waals surface area contributed by atoms with Gasteiger partial charge in [-0.3, -0.25) is 13.8 Å². The molecule has 9 heteroatoms. The second-order valence-electron chi connectivity index (χ2n) is 13.8. The van der Waals surface area contributed by atoms with Gasteiger partial charge in [0.2, 0.25) is 5.91 Å². The molecule has 0 fully saturated rings. The molecule has 0 saturated heterocycles. The van der Waals surface area contributed by atoms with E-state index in [0.717, 1.165) is 44.9 Å². The maximum Gasteiger partial charge on any atom is 0.472 e. The number of nitrogens with two attached hydrogens (primary N) is 1. The molecular formula is C41H79N2O6P. The van der Waals surface area contributed by atoms with Crippen molar-refractivity contribution < 1.29 is 28.4 Å². The topological polar surface area (TPSA) is 131 Å². The Morgan fingerprint density at radius 2 is 1.06 bits per heavy atom. The van der Waals surface area contributed by atoms with Gasteiger partial charge in [0.15, 0.2) is 0 Å². The fraction of sp³-hybridized carbons (Fsp3) is 0.829. The van der Waals surface area contributed by atoms with Gasteiger partial charge in [0, 0.05) is 13.0 Å². The fourth-order valence-corrected chi connectivity index (χ4v) is 6.57. The molecule has 1 amide bonds. The van der Waals surface area contributed by atoms with Crippen LogP contribution in [0.25, 0.3) is 0 Å². The SMILES string of the molecule is CCCCCCCCCC/C=C/CC/C=C/CC/C=C/C(O)C(COP(=O)(O)OCCN)NC(=O)CCCCCCCCCCCCCCC. The van der Waals surface area contributed by atoms with Crippen LogP contribution in [0.3, 0.4) is 0 Å². The summed E-state index contributed by atoms with van der Waals surface area (Å²) >= 11 is 0. The molecule has 294 valence electrons. The van der Waals surface area contributed by atoms with E-state index in [2.05, 4.69) is 43.5 Å². The molecular weight excluding hydrogens is 647 g/mol. The van der Waals surface area contributed by atoms with Crippen molar-refractivity contribution in [3.05, 3.63) is 36.5 Å². The molecule has 0 heterocycles. The molecule has 3 unspecified atom stereocenters. The zero-order chi connectivity index (χ0) is 36.8. The quantitative estimate of drug-likeness (QED) is 0.0283. The third kappa shape index (κ3) is 35.1.